The number of rotatable bonds is 4. The topological polar surface area (TPSA) is 34.9 Å². The van der Waals surface area contributed by atoms with Gasteiger partial charge in [-0.25, -0.2) is 0 Å². The minimum atomic E-state index is 0.0701. The van der Waals surface area contributed by atoms with E-state index in [1.54, 1.807) is 4.68 Å². The third-order valence-corrected chi connectivity index (χ3v) is 4.04. The van der Waals surface area contributed by atoms with Crippen LogP contribution in [0.4, 0.5) is 0 Å². The molecule has 0 radical (unpaired) electrons. The number of carbonyl (C=O) groups excluding carboxylic acids is 1. The molecule has 2 aromatic rings. The maximum atomic E-state index is 12.3. The first-order valence-corrected chi connectivity index (χ1v) is 7.14. The number of ketones is 1. The molecule has 0 spiro atoms. The minimum absolute atomic E-state index is 0.0701. The van der Waals surface area contributed by atoms with Gasteiger partial charge in [0.15, 0.2) is 5.78 Å². The fraction of sp³-hybridized carbons (Fsp3) is 0.333. The third kappa shape index (κ3) is 2.78. The lowest BCUT2D eigenvalue weighted by molar-refractivity contribution is 0.0966. The zero-order chi connectivity index (χ0) is 14.0. The highest BCUT2D eigenvalue weighted by atomic mass is 79.9. The van der Waals surface area contributed by atoms with Crippen LogP contribution in [0, 0.1) is 13.8 Å². The Hall–Kier alpha value is -1.42. The summed E-state index contributed by atoms with van der Waals surface area (Å²) >= 11 is 3.41. The van der Waals surface area contributed by atoms with Crippen molar-refractivity contribution in [3.05, 3.63) is 51.3 Å². The lowest BCUT2D eigenvalue weighted by Crippen LogP contribution is -2.13. The van der Waals surface area contributed by atoms with Crippen LogP contribution in [-0.2, 0) is 13.0 Å². The van der Waals surface area contributed by atoms with E-state index < -0.39 is 0 Å². The summed E-state index contributed by atoms with van der Waals surface area (Å²) in [6.45, 7) is 6.41. The first kappa shape index (κ1) is 14.0. The zero-order valence-corrected chi connectivity index (χ0v) is 13.0. The molecule has 1 heterocycles. The average Bonchev–Trinajstić information content (AvgIpc) is 2.64. The number of Topliss-reactive ketones (excluding diaryl/α,β-unsaturated/α-hetero) is 1. The van der Waals surface area contributed by atoms with E-state index in [2.05, 4.69) is 28.0 Å². The van der Waals surface area contributed by atoms with Gasteiger partial charge >= 0.3 is 0 Å². The molecule has 0 bridgehead atoms. The fourth-order valence-corrected chi connectivity index (χ4v) is 2.81. The molecule has 3 nitrogen and oxygen atoms in total. The van der Waals surface area contributed by atoms with Gasteiger partial charge in [0.2, 0.25) is 0 Å². The maximum Gasteiger partial charge on any atom is 0.185 e. The van der Waals surface area contributed by atoms with Crippen molar-refractivity contribution in [3.63, 3.8) is 0 Å². The first-order chi connectivity index (χ1) is 9.04. The second-order valence-electron chi connectivity index (χ2n) is 4.56. The second-order valence-corrected chi connectivity index (χ2v) is 5.42. The predicted octanol–water partition coefficient (Wildman–Crippen LogP) is 3.71. The molecule has 0 aliphatic carbocycles. The van der Waals surface area contributed by atoms with Gasteiger partial charge < -0.3 is 0 Å². The van der Waals surface area contributed by atoms with Crippen LogP contribution < -0.4 is 0 Å². The Balaban J connectivity index is 2.27. The summed E-state index contributed by atoms with van der Waals surface area (Å²) in [6, 6.07) is 7.49. The van der Waals surface area contributed by atoms with Crippen LogP contribution in [0.5, 0.6) is 0 Å². The van der Waals surface area contributed by atoms with Crippen molar-refractivity contribution < 1.29 is 4.79 Å². The van der Waals surface area contributed by atoms with E-state index in [0.717, 1.165) is 22.3 Å². The Morgan fingerprint density at radius 3 is 2.58 bits per heavy atom. The molecule has 0 aliphatic heterocycles. The molecule has 2 rings (SSSR count). The van der Waals surface area contributed by atoms with E-state index >= 15 is 0 Å². The molecule has 19 heavy (non-hydrogen) atoms. The van der Waals surface area contributed by atoms with E-state index in [4.69, 9.17) is 0 Å². The number of nitrogens with zero attached hydrogens (tertiary/aromatic N) is 2. The van der Waals surface area contributed by atoms with Crippen molar-refractivity contribution >= 4 is 21.7 Å². The molecule has 0 amide bonds. The Labute approximate surface area is 121 Å². The number of hydrogen-bond acceptors (Lipinski definition) is 2. The predicted molar refractivity (Wildman–Crippen MR) is 79.6 cm³/mol. The molecule has 0 N–H and O–H groups in total. The number of benzene rings is 1. The average molecular weight is 321 g/mol. The van der Waals surface area contributed by atoms with Gasteiger partial charge in [0.1, 0.15) is 6.54 Å². The van der Waals surface area contributed by atoms with Crippen LogP contribution in [0.3, 0.4) is 0 Å². The van der Waals surface area contributed by atoms with Gasteiger partial charge in [0.05, 0.1) is 5.69 Å². The number of carbonyl (C=O) groups is 1. The molecule has 0 atom stereocenters. The largest absolute Gasteiger partial charge is 0.292 e. The Morgan fingerprint density at radius 2 is 2.00 bits per heavy atom. The van der Waals surface area contributed by atoms with Gasteiger partial charge in [0, 0.05) is 15.7 Å². The zero-order valence-electron chi connectivity index (χ0n) is 11.4. The number of aryl methyl sites for hydroxylation is 1. The van der Waals surface area contributed by atoms with Gasteiger partial charge in [-0.2, -0.15) is 5.10 Å². The smallest absolute Gasteiger partial charge is 0.185 e. The molecule has 0 saturated carbocycles. The van der Waals surface area contributed by atoms with Crippen LogP contribution in [0.1, 0.15) is 34.2 Å². The van der Waals surface area contributed by atoms with Crippen molar-refractivity contribution in [2.24, 2.45) is 0 Å². The van der Waals surface area contributed by atoms with E-state index in [9.17, 15) is 4.79 Å². The summed E-state index contributed by atoms with van der Waals surface area (Å²) < 4.78 is 2.63. The van der Waals surface area contributed by atoms with Crippen molar-refractivity contribution in [3.8, 4) is 0 Å². The maximum absolute atomic E-state index is 12.3. The van der Waals surface area contributed by atoms with Crippen LogP contribution in [0.25, 0.3) is 0 Å². The second kappa shape index (κ2) is 5.70. The summed E-state index contributed by atoms with van der Waals surface area (Å²) in [5.74, 6) is 0.0701. The number of hydrogen-bond donors (Lipinski definition) is 0. The van der Waals surface area contributed by atoms with Gasteiger partial charge in [-0.05, 0) is 31.9 Å². The van der Waals surface area contributed by atoms with E-state index in [-0.39, 0.29) is 12.3 Å². The molecule has 100 valence electrons. The highest BCUT2D eigenvalue weighted by Crippen LogP contribution is 2.18. The third-order valence-electron chi connectivity index (χ3n) is 3.35. The summed E-state index contributed by atoms with van der Waals surface area (Å²) in [7, 11) is 0. The van der Waals surface area contributed by atoms with Crippen molar-refractivity contribution in [2.45, 2.75) is 33.7 Å². The summed E-state index contributed by atoms with van der Waals surface area (Å²) in [6.07, 6.45) is 0.945. The summed E-state index contributed by atoms with van der Waals surface area (Å²) in [5.41, 5.74) is 4.04. The minimum Gasteiger partial charge on any atom is -0.292 e. The Morgan fingerprint density at radius 1 is 1.32 bits per heavy atom. The van der Waals surface area contributed by atoms with E-state index in [1.165, 1.54) is 5.56 Å². The summed E-state index contributed by atoms with van der Waals surface area (Å²) in [4.78, 5) is 12.3. The number of halogens is 1. The van der Waals surface area contributed by atoms with Gasteiger partial charge in [0.25, 0.3) is 0 Å². The summed E-state index contributed by atoms with van der Waals surface area (Å²) in [5, 5.41) is 4.46. The van der Waals surface area contributed by atoms with E-state index in [1.807, 2.05) is 38.1 Å². The normalized spacial score (nSPS) is 10.7. The Kier molecular flexibility index (Phi) is 4.20. The molecule has 0 saturated heterocycles. The van der Waals surface area contributed by atoms with Gasteiger partial charge in [-0.1, -0.05) is 41.1 Å². The standard InChI is InChI=1S/C15H17BrN2O/c1-4-12-10(2)17-18(11(12)3)9-15(19)13-7-5-6-8-14(13)16/h5-8H,4,9H2,1-3H3. The fourth-order valence-electron chi connectivity index (χ4n) is 2.31. The molecular weight excluding hydrogens is 304 g/mol. The monoisotopic (exact) mass is 320 g/mol. The van der Waals surface area contributed by atoms with Gasteiger partial charge in [-0.3, -0.25) is 9.48 Å². The highest BCUT2D eigenvalue weighted by Gasteiger charge is 2.15. The van der Waals surface area contributed by atoms with Crippen LogP contribution in [-0.4, -0.2) is 15.6 Å². The molecule has 0 unspecified atom stereocenters. The molecule has 4 heteroatoms. The van der Waals surface area contributed by atoms with E-state index in [0.29, 0.717) is 5.56 Å². The molecular formula is C15H17BrN2O. The van der Waals surface area contributed by atoms with Crippen LogP contribution >= 0.6 is 15.9 Å². The van der Waals surface area contributed by atoms with Crippen molar-refractivity contribution in [2.75, 3.05) is 0 Å². The first-order valence-electron chi connectivity index (χ1n) is 6.35. The van der Waals surface area contributed by atoms with Crippen molar-refractivity contribution in [1.82, 2.24) is 9.78 Å². The van der Waals surface area contributed by atoms with Gasteiger partial charge in [-0.15, -0.1) is 0 Å². The van der Waals surface area contributed by atoms with Crippen LogP contribution in [0.2, 0.25) is 0 Å². The quantitative estimate of drug-likeness (QED) is 0.805. The Bertz CT molecular complexity index is 617. The lowest BCUT2D eigenvalue weighted by Gasteiger charge is -2.06. The lowest BCUT2D eigenvalue weighted by atomic mass is 10.1. The molecule has 1 aromatic heterocycles. The van der Waals surface area contributed by atoms with Crippen LogP contribution in [0.15, 0.2) is 28.7 Å². The molecule has 1 aromatic carbocycles. The number of aromatic nitrogens is 2. The highest BCUT2D eigenvalue weighted by molar-refractivity contribution is 9.10. The van der Waals surface area contributed by atoms with Crippen molar-refractivity contribution in [1.29, 1.82) is 0 Å². The molecule has 0 fully saturated rings. The molecule has 0 aliphatic rings. The SMILES string of the molecule is CCc1c(C)nn(CC(=O)c2ccccc2Br)c1C.